The van der Waals surface area contributed by atoms with Gasteiger partial charge < -0.3 is 20.3 Å². The molecule has 0 spiro atoms. The van der Waals surface area contributed by atoms with Crippen LogP contribution in [0.5, 0.6) is 0 Å². The van der Waals surface area contributed by atoms with Crippen molar-refractivity contribution in [1.29, 1.82) is 0 Å². The molecular formula is C33H45N3O4. The summed E-state index contributed by atoms with van der Waals surface area (Å²) in [6.45, 7) is 10.2. The molecule has 7 heteroatoms. The summed E-state index contributed by atoms with van der Waals surface area (Å²) in [6.07, 6.45) is 12.2. The molecule has 1 heterocycles. The average molecular weight is 548 g/mol. The van der Waals surface area contributed by atoms with E-state index in [1.54, 1.807) is 0 Å². The predicted octanol–water partition coefficient (Wildman–Crippen LogP) is 6.08. The van der Waals surface area contributed by atoms with Gasteiger partial charge in [0.15, 0.2) is 0 Å². The molecule has 3 fully saturated rings. The average Bonchev–Trinajstić information content (AvgIpc) is 3.54. The third-order valence-electron chi connectivity index (χ3n) is 9.30. The largest absolute Gasteiger partial charge is 0.481 e. The van der Waals surface area contributed by atoms with Crippen LogP contribution >= 0.6 is 0 Å². The minimum Gasteiger partial charge on any atom is -0.481 e. The van der Waals surface area contributed by atoms with Gasteiger partial charge in [0, 0.05) is 34.7 Å². The fourth-order valence-electron chi connectivity index (χ4n) is 6.33. The van der Waals surface area contributed by atoms with Gasteiger partial charge >= 0.3 is 5.97 Å². The number of aromatic nitrogens is 1. The highest BCUT2D eigenvalue weighted by Crippen LogP contribution is 2.48. The number of aliphatic carboxylic acids is 1. The van der Waals surface area contributed by atoms with Crippen LogP contribution in [-0.4, -0.2) is 39.0 Å². The SMILES string of the molecule is Cc1c(C(=O)NC2CC(C(=O)O)C2)cn(-c2cc(C(=O)NC(C)(C)C)cc(C3(C)CC3)c2)c1CC1CCCCC1. The summed E-state index contributed by atoms with van der Waals surface area (Å²) in [4.78, 5) is 38.0. The molecule has 0 aliphatic heterocycles. The van der Waals surface area contributed by atoms with E-state index >= 15 is 0 Å². The smallest absolute Gasteiger partial charge is 0.306 e. The number of hydrogen-bond donors (Lipinski definition) is 3. The lowest BCUT2D eigenvalue weighted by Crippen LogP contribution is -2.46. The Morgan fingerprint density at radius 2 is 1.70 bits per heavy atom. The lowest BCUT2D eigenvalue weighted by molar-refractivity contribution is -0.145. The Kier molecular flexibility index (Phi) is 7.62. The third kappa shape index (κ3) is 6.13. The van der Waals surface area contributed by atoms with Crippen molar-refractivity contribution in [3.05, 3.63) is 52.3 Å². The second kappa shape index (κ2) is 10.7. The molecule has 0 unspecified atom stereocenters. The second-order valence-electron chi connectivity index (χ2n) is 13.9. The van der Waals surface area contributed by atoms with Gasteiger partial charge in [0.1, 0.15) is 0 Å². The summed E-state index contributed by atoms with van der Waals surface area (Å²) < 4.78 is 2.16. The highest BCUT2D eigenvalue weighted by molar-refractivity contribution is 5.97. The number of carbonyl (C=O) groups is 3. The van der Waals surface area contributed by atoms with E-state index in [0.717, 1.165) is 36.2 Å². The molecule has 0 saturated heterocycles. The number of carbonyl (C=O) groups excluding carboxylic acids is 2. The van der Waals surface area contributed by atoms with Crippen molar-refractivity contribution in [3.8, 4) is 5.69 Å². The molecule has 3 aliphatic rings. The van der Waals surface area contributed by atoms with Gasteiger partial charge in [0.25, 0.3) is 11.8 Å². The van der Waals surface area contributed by atoms with Gasteiger partial charge in [-0.15, -0.1) is 0 Å². The van der Waals surface area contributed by atoms with Crippen molar-refractivity contribution in [2.24, 2.45) is 11.8 Å². The van der Waals surface area contributed by atoms with Crippen molar-refractivity contribution >= 4 is 17.8 Å². The van der Waals surface area contributed by atoms with Gasteiger partial charge in [-0.25, -0.2) is 0 Å². The monoisotopic (exact) mass is 547 g/mol. The molecule has 2 amide bonds. The number of nitrogens with zero attached hydrogens (tertiary/aromatic N) is 1. The molecule has 0 atom stereocenters. The number of benzene rings is 1. The first-order chi connectivity index (χ1) is 18.8. The van der Waals surface area contributed by atoms with E-state index in [1.165, 1.54) is 37.7 Å². The van der Waals surface area contributed by atoms with Crippen LogP contribution in [0, 0.1) is 18.8 Å². The lowest BCUT2D eigenvalue weighted by atomic mass is 9.80. The zero-order valence-corrected chi connectivity index (χ0v) is 24.7. The van der Waals surface area contributed by atoms with Gasteiger partial charge in [0.2, 0.25) is 0 Å². The van der Waals surface area contributed by atoms with Crippen molar-refractivity contribution in [3.63, 3.8) is 0 Å². The molecule has 0 bridgehead atoms. The van der Waals surface area contributed by atoms with Crippen molar-refractivity contribution in [2.45, 2.75) is 116 Å². The fraction of sp³-hybridized carbons (Fsp3) is 0.606. The number of carboxylic acids is 1. The van der Waals surface area contributed by atoms with Gasteiger partial charge in [-0.3, -0.25) is 14.4 Å². The van der Waals surface area contributed by atoms with Crippen LogP contribution in [0.3, 0.4) is 0 Å². The van der Waals surface area contributed by atoms with E-state index in [9.17, 15) is 19.5 Å². The van der Waals surface area contributed by atoms with E-state index in [4.69, 9.17) is 0 Å². The maximum absolute atomic E-state index is 13.5. The number of nitrogens with one attached hydrogen (secondary N) is 2. The Labute approximate surface area is 238 Å². The van der Waals surface area contributed by atoms with Crippen LogP contribution < -0.4 is 10.6 Å². The van der Waals surface area contributed by atoms with E-state index in [2.05, 4.69) is 28.2 Å². The Morgan fingerprint density at radius 1 is 1.02 bits per heavy atom. The molecule has 1 aromatic carbocycles. The summed E-state index contributed by atoms with van der Waals surface area (Å²) in [5.41, 5.74) is 5.20. The zero-order valence-electron chi connectivity index (χ0n) is 24.7. The Bertz CT molecular complexity index is 1300. The minimum atomic E-state index is -0.793. The normalized spacial score (nSPS) is 22.3. The molecule has 3 saturated carbocycles. The first-order valence-corrected chi connectivity index (χ1v) is 15.1. The van der Waals surface area contributed by atoms with E-state index < -0.39 is 5.97 Å². The highest BCUT2D eigenvalue weighted by Gasteiger charge is 2.40. The molecule has 5 rings (SSSR count). The molecular weight excluding hydrogens is 502 g/mol. The Hall–Kier alpha value is -3.09. The maximum Gasteiger partial charge on any atom is 0.306 e. The molecule has 0 radical (unpaired) electrons. The Morgan fingerprint density at radius 3 is 2.30 bits per heavy atom. The highest BCUT2D eigenvalue weighted by atomic mass is 16.4. The van der Waals surface area contributed by atoms with Gasteiger partial charge in [0.05, 0.1) is 11.5 Å². The zero-order chi connectivity index (χ0) is 28.8. The lowest BCUT2D eigenvalue weighted by Gasteiger charge is -2.32. The molecule has 7 nitrogen and oxygen atoms in total. The molecule has 2 aromatic rings. The molecule has 216 valence electrons. The van der Waals surface area contributed by atoms with Crippen LogP contribution in [0.15, 0.2) is 24.4 Å². The first-order valence-electron chi connectivity index (χ1n) is 15.1. The van der Waals surface area contributed by atoms with Gasteiger partial charge in [-0.2, -0.15) is 0 Å². The van der Waals surface area contributed by atoms with Gasteiger partial charge in [-0.05, 0) is 100 Å². The number of rotatable bonds is 8. The molecule has 40 heavy (non-hydrogen) atoms. The molecule has 1 aromatic heterocycles. The van der Waals surface area contributed by atoms with Crippen LogP contribution in [-0.2, 0) is 16.6 Å². The summed E-state index contributed by atoms with van der Waals surface area (Å²) >= 11 is 0. The van der Waals surface area contributed by atoms with Crippen molar-refractivity contribution in [1.82, 2.24) is 15.2 Å². The summed E-state index contributed by atoms with van der Waals surface area (Å²) in [7, 11) is 0. The predicted molar refractivity (Wildman–Crippen MR) is 156 cm³/mol. The Balaban J connectivity index is 1.52. The standard InChI is InChI=1S/C33H45N3O4/c1-20-27(30(38)34-25-15-23(16-25)31(39)40)19-36(28(20)13-21-9-7-6-8-10-21)26-17-22(29(37)35-32(2,3)4)14-24(18-26)33(5)11-12-33/h14,17-19,21,23,25H,6-13,15-16H2,1-5H3,(H,34,38)(H,35,37)(H,39,40). The summed E-state index contributed by atoms with van der Waals surface area (Å²) in [6, 6.07) is 6.10. The summed E-state index contributed by atoms with van der Waals surface area (Å²) in [5, 5.41) is 15.4. The molecule has 3 aliphatic carbocycles. The van der Waals surface area contributed by atoms with Gasteiger partial charge in [-0.1, -0.05) is 39.0 Å². The van der Waals surface area contributed by atoms with E-state index in [1.807, 2.05) is 46.0 Å². The van der Waals surface area contributed by atoms with Crippen molar-refractivity contribution in [2.75, 3.05) is 0 Å². The number of hydrogen-bond acceptors (Lipinski definition) is 3. The van der Waals surface area contributed by atoms with Crippen LogP contribution in [0.2, 0.25) is 0 Å². The van der Waals surface area contributed by atoms with Crippen molar-refractivity contribution < 1.29 is 19.5 Å². The topological polar surface area (TPSA) is 100 Å². The quantitative estimate of drug-likeness (QED) is 0.373. The second-order valence-corrected chi connectivity index (χ2v) is 13.9. The first kappa shape index (κ1) is 28.4. The van der Waals surface area contributed by atoms with Crippen LogP contribution in [0.4, 0.5) is 0 Å². The van der Waals surface area contributed by atoms with E-state index in [-0.39, 0.29) is 34.7 Å². The maximum atomic E-state index is 13.5. The van der Waals surface area contributed by atoms with E-state index in [0.29, 0.717) is 29.9 Å². The number of amides is 2. The van der Waals surface area contributed by atoms with Crippen LogP contribution in [0.25, 0.3) is 5.69 Å². The minimum absolute atomic E-state index is 0.0730. The molecule has 3 N–H and O–H groups in total. The summed E-state index contributed by atoms with van der Waals surface area (Å²) in [5.74, 6) is -0.826. The fourth-order valence-corrected chi connectivity index (χ4v) is 6.33. The third-order valence-corrected chi connectivity index (χ3v) is 9.30. The number of carboxylic acid groups (broad SMARTS) is 1. The van der Waals surface area contributed by atoms with Crippen LogP contribution in [0.1, 0.15) is 123 Å².